The number of hydrogen-bond acceptors (Lipinski definition) is 5. The summed E-state index contributed by atoms with van der Waals surface area (Å²) in [5.41, 5.74) is 8.06. The molecule has 30 heavy (non-hydrogen) atoms. The third kappa shape index (κ3) is 2.99. The number of aromatic nitrogens is 1. The van der Waals surface area contributed by atoms with Crippen molar-refractivity contribution >= 4 is 34.2 Å². The first-order valence-corrected chi connectivity index (χ1v) is 10.5. The molecule has 0 saturated heterocycles. The van der Waals surface area contributed by atoms with Gasteiger partial charge in [-0.2, -0.15) is 0 Å². The van der Waals surface area contributed by atoms with Crippen LogP contribution < -0.4 is 5.73 Å². The molecular formula is C23H22ClN3O3. The third-order valence-corrected chi connectivity index (χ3v) is 6.43. The Morgan fingerprint density at radius 2 is 2.17 bits per heavy atom. The highest BCUT2D eigenvalue weighted by molar-refractivity contribution is 6.32. The number of hydrogen-bond donors (Lipinski definition) is 3. The summed E-state index contributed by atoms with van der Waals surface area (Å²) < 4.78 is 5.98. The highest BCUT2D eigenvalue weighted by atomic mass is 35.5. The molecule has 1 fully saturated rings. The number of halogens is 1. The van der Waals surface area contributed by atoms with Gasteiger partial charge in [-0.3, -0.25) is 4.79 Å². The quantitative estimate of drug-likeness (QED) is 0.593. The van der Waals surface area contributed by atoms with Crippen LogP contribution in [0.25, 0.3) is 10.9 Å². The summed E-state index contributed by atoms with van der Waals surface area (Å²) in [4.78, 5) is 21.2. The summed E-state index contributed by atoms with van der Waals surface area (Å²) in [5, 5.41) is 11.3. The number of nitrogens with two attached hydrogens (primary N) is 1. The Morgan fingerprint density at radius 3 is 3.00 bits per heavy atom. The summed E-state index contributed by atoms with van der Waals surface area (Å²) in [6, 6.07) is 12.0. The normalized spacial score (nSPS) is 24.4. The van der Waals surface area contributed by atoms with Crippen molar-refractivity contribution in [3.63, 3.8) is 0 Å². The van der Waals surface area contributed by atoms with E-state index in [-0.39, 0.29) is 11.5 Å². The SMILES string of the molecule is NC(Cc1c[nH]c2ccc(O)cc12)C1=N[C@]2(c3ccccc3Cl)CCC[C@H](O1)C2=O. The predicted molar refractivity (Wildman–Crippen MR) is 116 cm³/mol. The number of ketones is 1. The minimum Gasteiger partial charge on any atom is -0.508 e. The van der Waals surface area contributed by atoms with Gasteiger partial charge in [0.25, 0.3) is 0 Å². The van der Waals surface area contributed by atoms with E-state index in [2.05, 4.69) is 4.98 Å². The molecule has 0 amide bonds. The molecule has 3 aromatic rings. The number of nitrogens with zero attached hydrogens (tertiary/aromatic N) is 1. The number of carbonyl (C=O) groups excluding carboxylic acids is 1. The summed E-state index contributed by atoms with van der Waals surface area (Å²) in [6.07, 6.45) is 3.85. The van der Waals surface area contributed by atoms with Gasteiger partial charge in [-0.05, 0) is 55.5 Å². The van der Waals surface area contributed by atoms with Crippen LogP contribution in [-0.4, -0.2) is 33.9 Å². The van der Waals surface area contributed by atoms with Gasteiger partial charge in [0.1, 0.15) is 5.75 Å². The standard InChI is InChI=1S/C23H22ClN3O3/c24-17-5-2-1-4-16(17)23-9-3-6-20(21(23)29)30-22(27-23)18(25)10-13-12-26-19-8-7-14(28)11-15(13)19/h1-2,4-5,7-8,11-12,18,20,26,28H,3,6,9-10,25H2/t18?,20-,23-/m0/s1. The van der Waals surface area contributed by atoms with Crippen LogP contribution in [0.15, 0.2) is 53.7 Å². The minimum absolute atomic E-state index is 0.0465. The van der Waals surface area contributed by atoms with Crippen molar-refractivity contribution in [2.45, 2.75) is 43.4 Å². The number of Topliss-reactive ketones (excluding diaryl/α,β-unsaturated/α-hetero) is 1. The first kappa shape index (κ1) is 19.2. The third-order valence-electron chi connectivity index (χ3n) is 6.10. The van der Waals surface area contributed by atoms with Crippen molar-refractivity contribution in [1.82, 2.24) is 4.98 Å². The van der Waals surface area contributed by atoms with Gasteiger partial charge >= 0.3 is 0 Å². The van der Waals surface area contributed by atoms with Crippen LogP contribution in [0.1, 0.15) is 30.4 Å². The molecule has 1 unspecified atom stereocenters. The summed E-state index contributed by atoms with van der Waals surface area (Å²) in [7, 11) is 0. The molecule has 2 aliphatic rings. The van der Waals surface area contributed by atoms with Gasteiger partial charge in [0, 0.05) is 27.7 Å². The lowest BCUT2D eigenvalue weighted by atomic mass is 9.73. The molecule has 5 rings (SSSR count). The van der Waals surface area contributed by atoms with Gasteiger partial charge in [-0.15, -0.1) is 0 Å². The number of rotatable bonds is 4. The van der Waals surface area contributed by atoms with Gasteiger partial charge in [0.15, 0.2) is 11.6 Å². The Bertz CT molecular complexity index is 1170. The largest absolute Gasteiger partial charge is 0.508 e. The second-order valence-corrected chi connectivity index (χ2v) is 8.41. The molecule has 1 aromatic heterocycles. The zero-order valence-electron chi connectivity index (χ0n) is 16.3. The van der Waals surface area contributed by atoms with E-state index in [1.165, 1.54) is 0 Å². The van der Waals surface area contributed by atoms with Crippen molar-refractivity contribution < 1.29 is 14.6 Å². The van der Waals surface area contributed by atoms with Gasteiger partial charge < -0.3 is 20.6 Å². The number of H-pyrrole nitrogens is 1. The predicted octanol–water partition coefficient (Wildman–Crippen LogP) is 3.84. The van der Waals surface area contributed by atoms with Crippen molar-refractivity contribution in [1.29, 1.82) is 0 Å². The van der Waals surface area contributed by atoms with Gasteiger partial charge in [-0.1, -0.05) is 29.8 Å². The van der Waals surface area contributed by atoms with Gasteiger partial charge in [0.2, 0.25) is 11.7 Å². The highest BCUT2D eigenvalue weighted by Crippen LogP contribution is 2.44. The van der Waals surface area contributed by atoms with E-state index < -0.39 is 17.7 Å². The molecule has 6 nitrogen and oxygen atoms in total. The van der Waals surface area contributed by atoms with E-state index in [9.17, 15) is 9.90 Å². The van der Waals surface area contributed by atoms with E-state index in [1.54, 1.807) is 18.2 Å². The Morgan fingerprint density at radius 1 is 1.33 bits per heavy atom. The molecular weight excluding hydrogens is 402 g/mol. The number of fused-ring (bicyclic) bond motifs is 3. The minimum atomic E-state index is -1.04. The molecule has 7 heteroatoms. The van der Waals surface area contributed by atoms with Crippen LogP contribution in [0.5, 0.6) is 5.75 Å². The fourth-order valence-electron chi connectivity index (χ4n) is 4.60. The fraction of sp³-hybridized carbons (Fsp3) is 0.304. The van der Waals surface area contributed by atoms with Crippen molar-refractivity contribution in [3.8, 4) is 5.75 Å². The van der Waals surface area contributed by atoms with E-state index in [1.807, 2.05) is 30.5 Å². The Balaban J connectivity index is 1.53. The molecule has 2 heterocycles. The molecule has 2 bridgehead atoms. The molecule has 4 N–H and O–H groups in total. The summed E-state index contributed by atoms with van der Waals surface area (Å²) in [5.74, 6) is 0.532. The number of ether oxygens (including phenoxy) is 1. The lowest BCUT2D eigenvalue weighted by Gasteiger charge is -2.42. The maximum absolute atomic E-state index is 13.2. The van der Waals surface area contributed by atoms with Crippen LogP contribution in [0.2, 0.25) is 5.02 Å². The lowest BCUT2D eigenvalue weighted by molar-refractivity contribution is -0.137. The molecule has 0 radical (unpaired) electrons. The zero-order valence-corrected chi connectivity index (χ0v) is 17.0. The fourth-order valence-corrected chi connectivity index (χ4v) is 4.89. The molecule has 1 aliphatic heterocycles. The summed E-state index contributed by atoms with van der Waals surface area (Å²) in [6.45, 7) is 0. The van der Waals surface area contributed by atoms with Crippen LogP contribution in [-0.2, 0) is 21.5 Å². The summed E-state index contributed by atoms with van der Waals surface area (Å²) >= 11 is 6.46. The number of aromatic amines is 1. The average molecular weight is 424 g/mol. The molecule has 154 valence electrons. The maximum atomic E-state index is 13.2. The first-order chi connectivity index (χ1) is 14.5. The Kier molecular flexibility index (Phi) is 4.56. The maximum Gasteiger partial charge on any atom is 0.205 e. The van der Waals surface area contributed by atoms with Crippen molar-refractivity contribution in [2.24, 2.45) is 10.7 Å². The average Bonchev–Trinajstić information content (AvgIpc) is 3.10. The van der Waals surface area contributed by atoms with Crippen molar-refractivity contribution in [3.05, 3.63) is 64.8 Å². The van der Waals surface area contributed by atoms with Gasteiger partial charge in [-0.25, -0.2) is 4.99 Å². The first-order valence-electron chi connectivity index (χ1n) is 10.1. The topological polar surface area (TPSA) is 101 Å². The second kappa shape index (κ2) is 7.15. The number of carbonyl (C=O) groups is 1. The number of phenols is 1. The second-order valence-electron chi connectivity index (χ2n) is 8.01. The number of aromatic hydroxyl groups is 1. The molecule has 3 atom stereocenters. The van der Waals surface area contributed by atoms with E-state index in [0.29, 0.717) is 35.7 Å². The Hall–Kier alpha value is -2.83. The molecule has 2 aromatic carbocycles. The van der Waals surface area contributed by atoms with Crippen molar-refractivity contribution in [2.75, 3.05) is 0 Å². The van der Waals surface area contributed by atoms with Crippen LogP contribution in [0.4, 0.5) is 0 Å². The van der Waals surface area contributed by atoms with Crippen LogP contribution in [0, 0.1) is 0 Å². The highest BCUT2D eigenvalue weighted by Gasteiger charge is 2.52. The number of benzene rings is 2. The number of phenolic OH excluding ortho intramolecular Hbond substituents is 1. The number of aliphatic imine (C=N–C) groups is 1. The zero-order chi connectivity index (χ0) is 20.9. The van der Waals surface area contributed by atoms with Crippen LogP contribution >= 0.6 is 11.6 Å². The lowest BCUT2D eigenvalue weighted by Crippen LogP contribution is -2.54. The van der Waals surface area contributed by atoms with Gasteiger partial charge in [0.05, 0.1) is 6.04 Å². The van der Waals surface area contributed by atoms with E-state index >= 15 is 0 Å². The number of nitrogens with one attached hydrogen (secondary N) is 1. The smallest absolute Gasteiger partial charge is 0.205 e. The monoisotopic (exact) mass is 423 g/mol. The van der Waals surface area contributed by atoms with Crippen LogP contribution in [0.3, 0.4) is 0 Å². The Labute approximate surface area is 178 Å². The molecule has 1 aliphatic carbocycles. The van der Waals surface area contributed by atoms with E-state index in [0.717, 1.165) is 22.9 Å². The molecule has 0 spiro atoms. The van der Waals surface area contributed by atoms with E-state index in [4.69, 9.17) is 27.1 Å². The molecule has 1 saturated carbocycles.